The molecular weight excluding hydrogens is 951 g/mol. The average molecular weight is 968 g/mol. The van der Waals surface area contributed by atoms with Crippen LogP contribution in [0.1, 0.15) is 10.5 Å². The van der Waals surface area contributed by atoms with Gasteiger partial charge in [0.05, 0.1) is 10.3 Å². The Bertz CT molecular complexity index is 3540. The van der Waals surface area contributed by atoms with Crippen molar-refractivity contribution in [2.24, 2.45) is 30.7 Å². The molecule has 0 spiro atoms. The van der Waals surface area contributed by atoms with Gasteiger partial charge in [-0.3, -0.25) is 47.9 Å². The summed E-state index contributed by atoms with van der Waals surface area (Å²) in [5, 5.41) is 64.1. The fraction of sp³-hybridized carbons (Fsp3) is 0. The number of nitro groups is 1. The zero-order chi connectivity index (χ0) is 46.7. The highest BCUT2D eigenvalue weighted by molar-refractivity contribution is 7.87. The zero-order valence-corrected chi connectivity index (χ0v) is 33.1. The number of nitrogens with zero attached hydrogens (tertiary/aromatic N) is 7. The Kier molecular flexibility index (Phi) is 11.7. The molecule has 36 heteroatoms. The molecule has 0 amide bonds. The molecule has 4 aromatic carbocycles. The van der Waals surface area contributed by atoms with Crippen molar-refractivity contribution in [1.82, 2.24) is 10.2 Å². The van der Waals surface area contributed by atoms with Crippen LogP contribution in [0.15, 0.2) is 102 Å². The minimum absolute atomic E-state index is 0.0777. The molecule has 1 aromatic heterocycles. The van der Waals surface area contributed by atoms with Crippen molar-refractivity contribution in [2.75, 3.05) is 0 Å². The molecule has 0 bridgehead atoms. The third kappa shape index (κ3) is 9.31. The number of carbonyl (C=O) groups is 1. The van der Waals surface area contributed by atoms with Gasteiger partial charge in [0.2, 0.25) is 0 Å². The van der Waals surface area contributed by atoms with Crippen molar-refractivity contribution in [3.63, 3.8) is 0 Å². The van der Waals surface area contributed by atoms with Crippen LogP contribution in [0.4, 0.5) is 39.8 Å². The third-order valence-corrected chi connectivity index (χ3v) is 12.0. The molecule has 62 heavy (non-hydrogen) atoms. The number of carboxylic acid groups (broad SMARTS) is 1. The number of aromatic carboxylic acids is 1. The molecule has 0 aliphatic rings. The van der Waals surface area contributed by atoms with Crippen LogP contribution in [0.3, 0.4) is 0 Å². The molecule has 0 atom stereocenters. The number of benzene rings is 4. The van der Waals surface area contributed by atoms with Gasteiger partial charge in [-0.1, -0.05) is 0 Å². The first-order valence-electron chi connectivity index (χ1n) is 15.0. The van der Waals surface area contributed by atoms with Gasteiger partial charge in [0.15, 0.2) is 22.9 Å². The van der Waals surface area contributed by atoms with Crippen molar-refractivity contribution in [2.45, 2.75) is 24.5 Å². The summed E-state index contributed by atoms with van der Waals surface area (Å²) in [5.41, 5.74) is -10.6. The molecule has 0 saturated heterocycles. The van der Waals surface area contributed by atoms with E-state index in [4.69, 9.17) is 0 Å². The molecule has 31 nitrogen and oxygen atoms in total. The Morgan fingerprint density at radius 3 is 1.32 bits per heavy atom. The monoisotopic (exact) mass is 967 g/mol. The van der Waals surface area contributed by atoms with Crippen molar-refractivity contribution >= 4 is 107 Å². The highest BCUT2D eigenvalue weighted by atomic mass is 32.2. The van der Waals surface area contributed by atoms with Crippen LogP contribution in [0.2, 0.25) is 0 Å². The zero-order valence-electron chi connectivity index (χ0n) is 29.0. The minimum Gasteiger partial charge on any atom is -0.505 e. The van der Waals surface area contributed by atoms with Crippen molar-refractivity contribution < 1.29 is 89.9 Å². The van der Waals surface area contributed by atoms with E-state index in [2.05, 4.69) is 30.7 Å². The molecule has 0 aliphatic carbocycles. The summed E-state index contributed by atoms with van der Waals surface area (Å²) in [4.78, 5) is 26.1. The highest BCUT2D eigenvalue weighted by Gasteiger charge is 2.31. The number of phenols is 2. The summed E-state index contributed by atoms with van der Waals surface area (Å²) in [5.74, 6) is -5.05. The van der Waals surface area contributed by atoms with Gasteiger partial charge in [-0.2, -0.15) is 42.1 Å². The fourth-order valence-electron chi connectivity index (χ4n) is 4.97. The van der Waals surface area contributed by atoms with E-state index in [1.165, 1.54) is 0 Å². The number of H-pyrrole nitrogens is 2. The maximum Gasteiger partial charge on any atom is 0.356 e. The van der Waals surface area contributed by atoms with E-state index >= 15 is 0 Å². The Hall–Kier alpha value is -7.03. The number of hydrogen-bond acceptors (Lipinski definition) is 22. The predicted molar refractivity (Wildman–Crippen MR) is 197 cm³/mol. The molecule has 1 heterocycles. The van der Waals surface area contributed by atoms with Crippen LogP contribution >= 0.6 is 0 Å². The SMILES string of the molecule is O=C(O)c1[nH][nH]c(=O)c1N=Nc1cc(S(=O)(=O)O)c(N=Nc2c(S(=O)(=O)O)cc3cc(S(=O)(=O)O)c(N=Nc4ccc([N+](=O)[O-])cc4S(=O)(=O)O)c(O)c3c2O)cc1S(=O)(=O)O. The quantitative estimate of drug-likeness (QED) is 0.0350. The van der Waals surface area contributed by atoms with Gasteiger partial charge >= 0.3 is 5.97 Å². The van der Waals surface area contributed by atoms with E-state index in [0.717, 1.165) is 0 Å². The van der Waals surface area contributed by atoms with E-state index in [1.54, 1.807) is 0 Å². The summed E-state index contributed by atoms with van der Waals surface area (Å²) >= 11 is 0. The molecule has 0 aliphatic heterocycles. The van der Waals surface area contributed by atoms with Crippen molar-refractivity contribution in [3.05, 3.63) is 68.6 Å². The van der Waals surface area contributed by atoms with Gasteiger partial charge in [-0.15, -0.1) is 30.7 Å². The highest BCUT2D eigenvalue weighted by Crippen LogP contribution is 2.50. The van der Waals surface area contributed by atoms with Gasteiger partial charge in [-0.05, 0) is 35.7 Å². The lowest BCUT2D eigenvalue weighted by Gasteiger charge is -2.13. The number of nitrogens with one attached hydrogen (secondary N) is 2. The maximum atomic E-state index is 12.5. The summed E-state index contributed by atoms with van der Waals surface area (Å²) in [6.07, 6.45) is 0. The summed E-state index contributed by atoms with van der Waals surface area (Å²) < 4.78 is 172. The number of aromatic hydroxyl groups is 2. The van der Waals surface area contributed by atoms with E-state index in [1.807, 2.05) is 10.2 Å². The van der Waals surface area contributed by atoms with Gasteiger partial charge in [0, 0.05) is 12.1 Å². The van der Waals surface area contributed by atoms with Gasteiger partial charge in [0.1, 0.15) is 52.9 Å². The number of phenolic OH excluding ortho intramolecular Hbond substituents is 2. The van der Waals surface area contributed by atoms with Gasteiger partial charge in [-0.25, -0.2) is 4.79 Å². The number of rotatable bonds is 13. The number of non-ortho nitro benzene ring substituents is 1. The van der Waals surface area contributed by atoms with E-state index < -0.39 is 159 Å². The van der Waals surface area contributed by atoms with Crippen molar-refractivity contribution in [3.8, 4) is 11.5 Å². The van der Waals surface area contributed by atoms with Crippen LogP contribution in [-0.2, 0) is 50.6 Å². The number of aromatic amines is 2. The number of nitro benzene ring substituents is 1. The van der Waals surface area contributed by atoms with Crippen LogP contribution in [0.25, 0.3) is 10.8 Å². The standard InChI is InChI=1S/C26H17N9O22S5/c36-23-18-8(3-16(61(52,53)54)19(23)30-27-10-2-1-9(35(41)42)5-13(10)58(43,44)45)4-17(62(55,56)57)20(24(18)37)31-28-11-6-15(60(49,50)51)12(7-14(11)59(46,47)48)29-32-21-22(26(39)40)33-34-25(21)38/h1-7,36-37H,(H,39,40)(H2,33,34,38)(H,43,44,45)(H,46,47,48)(H,49,50,51)(H,52,53,54)(H,55,56,57). The maximum absolute atomic E-state index is 12.5. The molecule has 10 N–H and O–H groups in total. The molecule has 5 rings (SSSR count). The van der Waals surface area contributed by atoms with E-state index in [-0.39, 0.29) is 24.3 Å². The second-order valence-corrected chi connectivity index (χ2v) is 18.5. The number of carboxylic acids is 1. The summed E-state index contributed by atoms with van der Waals surface area (Å²) in [6.45, 7) is 0. The lowest BCUT2D eigenvalue weighted by Crippen LogP contribution is -2.03. The Balaban J connectivity index is 1.81. The first-order chi connectivity index (χ1) is 28.3. The molecule has 0 radical (unpaired) electrons. The molecule has 5 aromatic rings. The largest absolute Gasteiger partial charge is 0.505 e. The topological polar surface area (TPSA) is 516 Å². The Morgan fingerprint density at radius 1 is 0.548 bits per heavy atom. The fourth-order valence-corrected chi connectivity index (χ4v) is 8.18. The minimum atomic E-state index is -5.70. The van der Waals surface area contributed by atoms with Crippen LogP contribution in [0.5, 0.6) is 11.5 Å². The van der Waals surface area contributed by atoms with Crippen molar-refractivity contribution in [1.29, 1.82) is 0 Å². The molecule has 0 fully saturated rings. The predicted octanol–water partition coefficient (Wildman–Crippen LogP) is 3.35. The third-order valence-electron chi connectivity index (χ3n) is 7.58. The summed E-state index contributed by atoms with van der Waals surface area (Å²) in [6, 6.07) is 2.24. The van der Waals surface area contributed by atoms with Gasteiger partial charge in [0.25, 0.3) is 61.8 Å². The summed E-state index contributed by atoms with van der Waals surface area (Å²) in [7, 11) is -27.9. The number of aromatic nitrogens is 2. The first-order valence-corrected chi connectivity index (χ1v) is 22.2. The average Bonchev–Trinajstić information content (AvgIpc) is 3.50. The normalized spacial score (nSPS) is 13.2. The Morgan fingerprint density at radius 2 is 0.935 bits per heavy atom. The number of azo groups is 3. The second-order valence-electron chi connectivity index (χ2n) is 11.5. The number of fused-ring (bicyclic) bond motifs is 1. The van der Waals surface area contributed by atoms with Crippen LogP contribution in [0, 0.1) is 10.1 Å². The smallest absolute Gasteiger partial charge is 0.356 e. The second kappa shape index (κ2) is 15.8. The molecular formula is C26H17N9O22S5. The molecule has 328 valence electrons. The first kappa shape index (κ1) is 46.0. The van der Waals surface area contributed by atoms with Gasteiger partial charge < -0.3 is 15.3 Å². The van der Waals surface area contributed by atoms with E-state index in [0.29, 0.717) is 18.2 Å². The van der Waals surface area contributed by atoms with E-state index in [9.17, 15) is 99.9 Å². The lowest BCUT2D eigenvalue weighted by molar-refractivity contribution is -0.385. The Labute approximate surface area is 341 Å². The van der Waals surface area contributed by atoms with Crippen LogP contribution < -0.4 is 5.56 Å². The van der Waals surface area contributed by atoms with Crippen LogP contribution in [-0.4, -0.2) is 101 Å². The molecule has 0 unspecified atom stereocenters. The lowest BCUT2D eigenvalue weighted by atomic mass is 10.1. The number of hydrogen-bond donors (Lipinski definition) is 10. The molecule has 0 saturated carbocycles.